The van der Waals surface area contributed by atoms with Gasteiger partial charge in [0.2, 0.25) is 0 Å². The minimum atomic E-state index is -0.0714. The lowest BCUT2D eigenvalue weighted by molar-refractivity contribution is 0.0796. The predicted octanol–water partition coefficient (Wildman–Crippen LogP) is 1.94. The molecule has 1 aromatic carbocycles. The Morgan fingerprint density at radius 2 is 2.05 bits per heavy atom. The van der Waals surface area contributed by atoms with Gasteiger partial charge in [0.1, 0.15) is 17.0 Å². The number of nitrogens with zero attached hydrogens (tertiary/aromatic N) is 2. The lowest BCUT2D eigenvalue weighted by atomic mass is 10.1. The number of nitrogens with one attached hydrogen (secondary N) is 1. The fraction of sp³-hybridized carbons (Fsp3) is 0.333. The Balaban J connectivity index is 2.32. The monoisotopic (exact) mass is 273 g/mol. The molecular formula is C15H19N3O2. The zero-order valence-corrected chi connectivity index (χ0v) is 12.0. The quantitative estimate of drug-likeness (QED) is 0.904. The third-order valence-electron chi connectivity index (χ3n) is 3.17. The second kappa shape index (κ2) is 6.34. The van der Waals surface area contributed by atoms with Crippen molar-refractivity contribution >= 4 is 5.91 Å². The lowest BCUT2D eigenvalue weighted by Gasteiger charge is -2.16. The van der Waals surface area contributed by atoms with Crippen molar-refractivity contribution in [2.75, 3.05) is 27.2 Å². The Hall–Kier alpha value is -2.14. The van der Waals surface area contributed by atoms with E-state index in [0.717, 1.165) is 12.1 Å². The molecule has 1 heterocycles. The van der Waals surface area contributed by atoms with E-state index in [1.54, 1.807) is 18.9 Å². The van der Waals surface area contributed by atoms with Crippen molar-refractivity contribution in [3.8, 4) is 11.3 Å². The number of hydrogen-bond donors (Lipinski definition) is 1. The van der Waals surface area contributed by atoms with Crippen molar-refractivity contribution in [2.45, 2.75) is 6.92 Å². The molecule has 0 saturated heterocycles. The van der Waals surface area contributed by atoms with Crippen molar-refractivity contribution < 1.29 is 9.32 Å². The number of likely N-dealkylation sites (N-methyl/N-ethyl adjacent to an activating group) is 2. The summed E-state index contributed by atoms with van der Waals surface area (Å²) in [6.07, 6.45) is 0. The zero-order chi connectivity index (χ0) is 14.5. The van der Waals surface area contributed by atoms with Gasteiger partial charge < -0.3 is 14.7 Å². The van der Waals surface area contributed by atoms with E-state index in [2.05, 4.69) is 10.5 Å². The van der Waals surface area contributed by atoms with Crippen molar-refractivity contribution in [1.82, 2.24) is 15.4 Å². The zero-order valence-electron chi connectivity index (χ0n) is 12.0. The van der Waals surface area contributed by atoms with Crippen LogP contribution in [0.3, 0.4) is 0 Å². The number of rotatable bonds is 5. The van der Waals surface area contributed by atoms with Crippen LogP contribution in [0.25, 0.3) is 11.3 Å². The van der Waals surface area contributed by atoms with Gasteiger partial charge in [0.25, 0.3) is 5.91 Å². The molecule has 5 nitrogen and oxygen atoms in total. The Bertz CT molecular complexity index is 578. The molecule has 0 spiro atoms. The van der Waals surface area contributed by atoms with Crippen LogP contribution < -0.4 is 5.32 Å². The number of benzene rings is 1. The van der Waals surface area contributed by atoms with Crippen LogP contribution in [-0.2, 0) is 0 Å². The molecule has 1 N–H and O–H groups in total. The van der Waals surface area contributed by atoms with Gasteiger partial charge >= 0.3 is 0 Å². The summed E-state index contributed by atoms with van der Waals surface area (Å²) < 4.78 is 5.21. The Labute approximate surface area is 118 Å². The highest BCUT2D eigenvalue weighted by atomic mass is 16.5. The summed E-state index contributed by atoms with van der Waals surface area (Å²) in [7, 11) is 3.64. The van der Waals surface area contributed by atoms with E-state index in [1.165, 1.54) is 0 Å². The van der Waals surface area contributed by atoms with Gasteiger partial charge in [-0.15, -0.1) is 0 Å². The average molecular weight is 273 g/mol. The molecular weight excluding hydrogens is 254 g/mol. The van der Waals surface area contributed by atoms with Crippen LogP contribution in [0.15, 0.2) is 34.9 Å². The van der Waals surface area contributed by atoms with E-state index in [4.69, 9.17) is 4.52 Å². The van der Waals surface area contributed by atoms with Crippen molar-refractivity contribution in [3.63, 3.8) is 0 Å². The normalized spacial score (nSPS) is 10.6. The SMILES string of the molecule is CNCCN(C)C(=O)c1c(-c2ccccc2)noc1C. The second-order valence-electron chi connectivity index (χ2n) is 4.66. The third kappa shape index (κ3) is 2.88. The molecule has 5 heteroatoms. The summed E-state index contributed by atoms with van der Waals surface area (Å²) in [5.74, 6) is 0.475. The highest BCUT2D eigenvalue weighted by Gasteiger charge is 2.23. The van der Waals surface area contributed by atoms with Crippen LogP contribution >= 0.6 is 0 Å². The van der Waals surface area contributed by atoms with Crippen LogP contribution in [0.1, 0.15) is 16.1 Å². The van der Waals surface area contributed by atoms with Gasteiger partial charge in [-0.1, -0.05) is 35.5 Å². The summed E-state index contributed by atoms with van der Waals surface area (Å²) in [5.41, 5.74) is 2.02. The van der Waals surface area contributed by atoms with Crippen LogP contribution in [0.4, 0.5) is 0 Å². The fourth-order valence-corrected chi connectivity index (χ4v) is 1.99. The van der Waals surface area contributed by atoms with Gasteiger partial charge in [-0.05, 0) is 14.0 Å². The van der Waals surface area contributed by atoms with Gasteiger partial charge in [0.05, 0.1) is 0 Å². The average Bonchev–Trinajstić information content (AvgIpc) is 2.86. The van der Waals surface area contributed by atoms with E-state index >= 15 is 0 Å². The summed E-state index contributed by atoms with van der Waals surface area (Å²) in [6, 6.07) is 9.59. The van der Waals surface area contributed by atoms with Gasteiger partial charge in [-0.3, -0.25) is 4.79 Å². The lowest BCUT2D eigenvalue weighted by Crippen LogP contribution is -2.33. The van der Waals surface area contributed by atoms with E-state index in [1.807, 2.05) is 37.4 Å². The molecule has 0 aliphatic heterocycles. The largest absolute Gasteiger partial charge is 0.360 e. The maximum atomic E-state index is 12.5. The fourth-order valence-electron chi connectivity index (χ4n) is 1.99. The number of carbonyl (C=O) groups excluding carboxylic acids is 1. The molecule has 1 amide bonds. The summed E-state index contributed by atoms with van der Waals surface area (Å²) in [6.45, 7) is 3.14. The number of aryl methyl sites for hydroxylation is 1. The Morgan fingerprint density at radius 3 is 2.70 bits per heavy atom. The minimum absolute atomic E-state index is 0.0714. The van der Waals surface area contributed by atoms with Crippen LogP contribution in [0.2, 0.25) is 0 Å². The molecule has 0 aliphatic rings. The molecule has 2 rings (SSSR count). The molecule has 0 saturated carbocycles. The van der Waals surface area contributed by atoms with Gasteiger partial charge in [0.15, 0.2) is 0 Å². The van der Waals surface area contributed by atoms with Crippen LogP contribution in [-0.4, -0.2) is 43.1 Å². The first kappa shape index (κ1) is 14.3. The molecule has 2 aromatic rings. The number of hydrogen-bond acceptors (Lipinski definition) is 4. The predicted molar refractivity (Wildman–Crippen MR) is 77.6 cm³/mol. The molecule has 0 atom stereocenters. The number of aromatic nitrogens is 1. The summed E-state index contributed by atoms with van der Waals surface area (Å²) in [4.78, 5) is 14.2. The number of carbonyl (C=O) groups is 1. The molecule has 0 fully saturated rings. The maximum absolute atomic E-state index is 12.5. The smallest absolute Gasteiger partial charge is 0.259 e. The molecule has 0 radical (unpaired) electrons. The molecule has 1 aromatic heterocycles. The van der Waals surface area contributed by atoms with Crippen LogP contribution in [0, 0.1) is 6.92 Å². The maximum Gasteiger partial charge on any atom is 0.259 e. The number of amides is 1. The summed E-state index contributed by atoms with van der Waals surface area (Å²) in [5, 5.41) is 7.06. The third-order valence-corrected chi connectivity index (χ3v) is 3.17. The molecule has 0 unspecified atom stereocenters. The first-order chi connectivity index (χ1) is 9.65. The van der Waals surface area contributed by atoms with E-state index < -0.39 is 0 Å². The molecule has 0 aliphatic carbocycles. The van der Waals surface area contributed by atoms with E-state index in [9.17, 15) is 4.79 Å². The first-order valence-electron chi connectivity index (χ1n) is 6.57. The van der Waals surface area contributed by atoms with Gasteiger partial charge in [0, 0.05) is 25.7 Å². The minimum Gasteiger partial charge on any atom is -0.360 e. The standard InChI is InChI=1S/C15H19N3O2/c1-11-13(15(19)18(3)10-9-16-2)14(17-20-11)12-7-5-4-6-8-12/h4-8,16H,9-10H2,1-3H3. The Morgan fingerprint density at radius 1 is 1.35 bits per heavy atom. The highest BCUT2D eigenvalue weighted by Crippen LogP contribution is 2.25. The van der Waals surface area contributed by atoms with Gasteiger partial charge in [-0.25, -0.2) is 0 Å². The van der Waals surface area contributed by atoms with Crippen molar-refractivity contribution in [2.24, 2.45) is 0 Å². The summed E-state index contributed by atoms with van der Waals surface area (Å²) >= 11 is 0. The Kier molecular flexibility index (Phi) is 4.53. The van der Waals surface area contributed by atoms with Gasteiger partial charge in [-0.2, -0.15) is 0 Å². The van der Waals surface area contributed by atoms with E-state index in [0.29, 0.717) is 23.6 Å². The topological polar surface area (TPSA) is 58.4 Å². The molecule has 106 valence electrons. The van der Waals surface area contributed by atoms with Crippen molar-refractivity contribution in [1.29, 1.82) is 0 Å². The van der Waals surface area contributed by atoms with E-state index in [-0.39, 0.29) is 5.91 Å². The van der Waals surface area contributed by atoms with Crippen molar-refractivity contribution in [3.05, 3.63) is 41.7 Å². The second-order valence-corrected chi connectivity index (χ2v) is 4.66. The molecule has 20 heavy (non-hydrogen) atoms. The molecule has 0 bridgehead atoms. The van der Waals surface area contributed by atoms with Crippen LogP contribution in [0.5, 0.6) is 0 Å². The first-order valence-corrected chi connectivity index (χ1v) is 6.57. The highest BCUT2D eigenvalue weighted by molar-refractivity contribution is 6.00.